The summed E-state index contributed by atoms with van der Waals surface area (Å²) in [6, 6.07) is 12.8. The molecule has 1 aromatic heterocycles. The molecule has 2 N–H and O–H groups in total. The first-order valence-electron chi connectivity index (χ1n) is 8.75. The van der Waals surface area contributed by atoms with Crippen LogP contribution < -0.4 is 25.4 Å². The zero-order valence-corrected chi connectivity index (χ0v) is 18.2. The zero-order chi connectivity index (χ0) is 21.0. The highest BCUT2D eigenvalue weighted by Gasteiger charge is 2.15. The van der Waals surface area contributed by atoms with Crippen LogP contribution in [-0.4, -0.2) is 37.5 Å². The highest BCUT2D eigenvalue weighted by molar-refractivity contribution is 7.70. The van der Waals surface area contributed by atoms with E-state index in [0.717, 1.165) is 11.0 Å². The van der Waals surface area contributed by atoms with E-state index in [1.807, 2.05) is 24.3 Å². The Bertz CT molecular complexity index is 1070. The lowest BCUT2D eigenvalue weighted by Crippen LogP contribution is -2.07. The summed E-state index contributed by atoms with van der Waals surface area (Å²) in [4.78, 5) is 8.68. The average molecular weight is 433 g/mol. The number of ether oxygens (including phenoxy) is 2. The van der Waals surface area contributed by atoms with Crippen LogP contribution >= 0.6 is 18.7 Å². The van der Waals surface area contributed by atoms with Gasteiger partial charge in [0.05, 0.1) is 31.8 Å². The standard InChI is InChI=1S/C20H22ClN4O3P/c1-27-17-8-6-5-7-15(17)23-19-14(21)12-22-20(25-19)24-16-10-9-13(29(3,4)26)11-18(16)28-2/h5-12H,1-4H3,(H2,22,23,24,25). The van der Waals surface area contributed by atoms with Crippen molar-refractivity contribution in [1.29, 1.82) is 0 Å². The summed E-state index contributed by atoms with van der Waals surface area (Å²) < 4.78 is 23.1. The lowest BCUT2D eigenvalue weighted by atomic mass is 10.3. The first-order valence-corrected chi connectivity index (χ1v) is 11.7. The molecule has 0 saturated carbocycles. The number of para-hydroxylation sites is 2. The van der Waals surface area contributed by atoms with Crippen LogP contribution in [0.1, 0.15) is 0 Å². The fourth-order valence-electron chi connectivity index (χ4n) is 2.63. The van der Waals surface area contributed by atoms with Gasteiger partial charge in [-0.25, -0.2) is 4.98 Å². The molecular weight excluding hydrogens is 411 g/mol. The summed E-state index contributed by atoms with van der Waals surface area (Å²) in [6.07, 6.45) is 1.50. The second-order valence-corrected chi connectivity index (χ2v) is 10.2. The Kier molecular flexibility index (Phi) is 6.30. The monoisotopic (exact) mass is 432 g/mol. The predicted octanol–water partition coefficient (Wildman–Crippen LogP) is 4.88. The molecule has 0 bridgehead atoms. The van der Waals surface area contributed by atoms with E-state index in [0.29, 0.717) is 34.0 Å². The number of benzene rings is 2. The number of aromatic nitrogens is 2. The molecule has 7 nitrogen and oxygen atoms in total. The van der Waals surface area contributed by atoms with Gasteiger partial charge in [0.15, 0.2) is 5.82 Å². The third-order valence-electron chi connectivity index (χ3n) is 4.16. The summed E-state index contributed by atoms with van der Waals surface area (Å²) in [5.41, 5.74) is 1.38. The fourth-order valence-corrected chi connectivity index (χ4v) is 3.63. The molecule has 0 atom stereocenters. The number of hydrogen-bond acceptors (Lipinski definition) is 7. The first kappa shape index (κ1) is 21.0. The molecule has 0 fully saturated rings. The Morgan fingerprint density at radius 1 is 0.966 bits per heavy atom. The van der Waals surface area contributed by atoms with Crippen LogP contribution in [0.15, 0.2) is 48.7 Å². The summed E-state index contributed by atoms with van der Waals surface area (Å²) in [6.45, 7) is 3.43. The second-order valence-electron chi connectivity index (χ2n) is 6.58. The molecule has 3 aromatic rings. The molecule has 0 aliphatic heterocycles. The minimum absolute atomic E-state index is 0.328. The van der Waals surface area contributed by atoms with Crippen molar-refractivity contribution in [2.75, 3.05) is 38.2 Å². The fraction of sp³-hybridized carbons (Fsp3) is 0.200. The molecule has 0 aliphatic carbocycles. The van der Waals surface area contributed by atoms with Crippen LogP contribution in [0.25, 0.3) is 0 Å². The number of hydrogen-bond donors (Lipinski definition) is 2. The number of halogens is 1. The van der Waals surface area contributed by atoms with E-state index in [4.69, 9.17) is 21.1 Å². The molecule has 152 valence electrons. The minimum atomic E-state index is -2.40. The molecule has 3 rings (SSSR count). The highest BCUT2D eigenvalue weighted by atomic mass is 35.5. The van der Waals surface area contributed by atoms with E-state index in [1.165, 1.54) is 6.20 Å². The topological polar surface area (TPSA) is 85.4 Å². The summed E-state index contributed by atoms with van der Waals surface area (Å²) in [7, 11) is 0.747. The molecular formula is C20H22ClN4O3P. The molecule has 0 unspecified atom stereocenters. The predicted molar refractivity (Wildman–Crippen MR) is 119 cm³/mol. The average Bonchev–Trinajstić information content (AvgIpc) is 2.70. The van der Waals surface area contributed by atoms with E-state index < -0.39 is 7.14 Å². The zero-order valence-electron chi connectivity index (χ0n) is 16.6. The molecule has 0 saturated heterocycles. The van der Waals surface area contributed by atoms with Gasteiger partial charge >= 0.3 is 0 Å². The number of methoxy groups -OCH3 is 2. The maximum absolute atomic E-state index is 12.3. The maximum Gasteiger partial charge on any atom is 0.229 e. The normalized spacial score (nSPS) is 11.1. The third kappa shape index (κ3) is 5.00. The number of rotatable bonds is 7. The van der Waals surface area contributed by atoms with Crippen molar-refractivity contribution in [2.24, 2.45) is 0 Å². The van der Waals surface area contributed by atoms with E-state index in [1.54, 1.807) is 45.7 Å². The first-order chi connectivity index (χ1) is 13.8. The lowest BCUT2D eigenvalue weighted by molar-refractivity contribution is 0.417. The smallest absolute Gasteiger partial charge is 0.229 e. The highest BCUT2D eigenvalue weighted by Crippen LogP contribution is 2.38. The van der Waals surface area contributed by atoms with Gasteiger partial charge in [0.25, 0.3) is 0 Å². The Hall–Kier alpha value is -2.76. The van der Waals surface area contributed by atoms with Gasteiger partial charge in [-0.05, 0) is 43.7 Å². The summed E-state index contributed by atoms with van der Waals surface area (Å²) in [5.74, 6) is 1.96. The van der Waals surface area contributed by atoms with Gasteiger partial charge in [0, 0.05) is 5.30 Å². The second kappa shape index (κ2) is 8.72. The van der Waals surface area contributed by atoms with Crippen LogP contribution in [0, 0.1) is 0 Å². The Morgan fingerprint density at radius 3 is 2.34 bits per heavy atom. The molecule has 2 aromatic carbocycles. The van der Waals surface area contributed by atoms with E-state index in [9.17, 15) is 4.57 Å². The van der Waals surface area contributed by atoms with Crippen LogP contribution in [0.2, 0.25) is 5.02 Å². The molecule has 0 radical (unpaired) electrons. The van der Waals surface area contributed by atoms with Crippen LogP contribution in [0.5, 0.6) is 11.5 Å². The van der Waals surface area contributed by atoms with Crippen molar-refractivity contribution in [2.45, 2.75) is 0 Å². The Balaban J connectivity index is 1.89. The van der Waals surface area contributed by atoms with Gasteiger partial charge in [-0.2, -0.15) is 4.98 Å². The van der Waals surface area contributed by atoms with E-state index in [2.05, 4.69) is 20.6 Å². The van der Waals surface area contributed by atoms with Gasteiger partial charge in [0.1, 0.15) is 23.7 Å². The quantitative estimate of drug-likeness (QED) is 0.514. The van der Waals surface area contributed by atoms with Gasteiger partial charge in [0.2, 0.25) is 5.95 Å². The molecule has 0 amide bonds. The van der Waals surface area contributed by atoms with E-state index in [-0.39, 0.29) is 0 Å². The molecule has 0 spiro atoms. The van der Waals surface area contributed by atoms with Crippen molar-refractivity contribution in [3.05, 3.63) is 53.7 Å². The third-order valence-corrected chi connectivity index (χ3v) is 5.96. The van der Waals surface area contributed by atoms with Crippen molar-refractivity contribution in [1.82, 2.24) is 9.97 Å². The van der Waals surface area contributed by atoms with Crippen LogP contribution in [0.4, 0.5) is 23.1 Å². The SMILES string of the molecule is COc1cc(P(C)(C)=O)ccc1Nc1ncc(Cl)c(Nc2ccccc2OC)n1. The van der Waals surface area contributed by atoms with Gasteiger partial charge in [-0.15, -0.1) is 0 Å². The number of nitrogens with one attached hydrogen (secondary N) is 2. The van der Waals surface area contributed by atoms with Gasteiger partial charge in [-0.3, -0.25) is 0 Å². The number of anilines is 4. The van der Waals surface area contributed by atoms with Gasteiger partial charge in [-0.1, -0.05) is 23.7 Å². The van der Waals surface area contributed by atoms with Crippen LogP contribution in [0.3, 0.4) is 0 Å². The molecule has 9 heteroatoms. The Labute approximate surface area is 174 Å². The van der Waals surface area contributed by atoms with E-state index >= 15 is 0 Å². The van der Waals surface area contributed by atoms with Crippen molar-refractivity contribution < 1.29 is 14.0 Å². The van der Waals surface area contributed by atoms with Crippen molar-refractivity contribution >= 4 is 47.2 Å². The maximum atomic E-state index is 12.3. The Morgan fingerprint density at radius 2 is 1.66 bits per heavy atom. The van der Waals surface area contributed by atoms with Crippen molar-refractivity contribution in [3.63, 3.8) is 0 Å². The number of nitrogens with zero attached hydrogens (tertiary/aromatic N) is 2. The molecule has 0 aliphatic rings. The van der Waals surface area contributed by atoms with Crippen LogP contribution in [-0.2, 0) is 4.57 Å². The largest absolute Gasteiger partial charge is 0.495 e. The minimum Gasteiger partial charge on any atom is -0.495 e. The summed E-state index contributed by atoms with van der Waals surface area (Å²) in [5, 5.41) is 7.37. The molecule has 1 heterocycles. The lowest BCUT2D eigenvalue weighted by Gasteiger charge is -2.15. The van der Waals surface area contributed by atoms with Gasteiger partial charge < -0.3 is 24.7 Å². The molecule has 29 heavy (non-hydrogen) atoms. The summed E-state index contributed by atoms with van der Waals surface area (Å²) >= 11 is 6.26. The van der Waals surface area contributed by atoms with Crippen molar-refractivity contribution in [3.8, 4) is 11.5 Å².